The van der Waals surface area contributed by atoms with Gasteiger partial charge in [-0.25, -0.2) is 0 Å². The van der Waals surface area contributed by atoms with Gasteiger partial charge in [-0.1, -0.05) is 218 Å². The molecule has 0 rings (SSSR count). The van der Waals surface area contributed by atoms with Gasteiger partial charge in [-0.2, -0.15) is 0 Å². The summed E-state index contributed by atoms with van der Waals surface area (Å²) in [6.07, 6.45) is 58.8. The Morgan fingerprint density at radius 2 is 0.783 bits per heavy atom. The van der Waals surface area contributed by atoms with Gasteiger partial charge in [0, 0.05) is 12.8 Å². The molecule has 0 fully saturated rings. The smallest absolute Gasteiger partial charge is 0.305 e. The lowest BCUT2D eigenvalue weighted by Gasteiger charge is -2.22. The zero-order valence-electron chi connectivity index (χ0n) is 40.2. The third-order valence-corrected chi connectivity index (χ3v) is 12.2. The van der Waals surface area contributed by atoms with Crippen LogP contribution in [0, 0.1) is 0 Å². The largest absolute Gasteiger partial charge is 0.466 e. The topological polar surface area (TPSA) is 95.9 Å². The van der Waals surface area contributed by atoms with Crippen molar-refractivity contribution in [3.05, 3.63) is 24.3 Å². The SMILES string of the molecule is CCCCCCCCC/C=C\CCCCCCCCCC(=O)OCCCCCCCCC/C=C\CCCCCCCC(=O)NC(CO)C(O)CCCCCCCCCCC. The molecule has 0 aromatic heterocycles. The highest BCUT2D eigenvalue weighted by Gasteiger charge is 2.20. The molecule has 0 radical (unpaired) electrons. The van der Waals surface area contributed by atoms with E-state index in [1.54, 1.807) is 0 Å². The van der Waals surface area contributed by atoms with E-state index in [-0.39, 0.29) is 18.5 Å². The van der Waals surface area contributed by atoms with Gasteiger partial charge < -0.3 is 20.3 Å². The summed E-state index contributed by atoms with van der Waals surface area (Å²) in [6, 6.07) is -0.551. The van der Waals surface area contributed by atoms with E-state index in [1.807, 2.05) is 0 Å². The Balaban J connectivity index is 3.43. The van der Waals surface area contributed by atoms with Crippen molar-refractivity contribution in [2.45, 2.75) is 296 Å². The van der Waals surface area contributed by atoms with Crippen LogP contribution in [0.15, 0.2) is 24.3 Å². The molecule has 354 valence electrons. The zero-order chi connectivity index (χ0) is 43.7. The second-order valence-corrected chi connectivity index (χ2v) is 18.2. The lowest BCUT2D eigenvalue weighted by molar-refractivity contribution is -0.143. The van der Waals surface area contributed by atoms with Crippen LogP contribution in [-0.2, 0) is 14.3 Å². The summed E-state index contributed by atoms with van der Waals surface area (Å²) in [6.45, 7) is 4.90. The molecular weight excluding hydrogens is 743 g/mol. The van der Waals surface area contributed by atoms with Gasteiger partial charge >= 0.3 is 5.97 Å². The third-order valence-electron chi connectivity index (χ3n) is 12.2. The fourth-order valence-electron chi connectivity index (χ4n) is 8.10. The average molecular weight is 846 g/mol. The molecule has 0 aliphatic heterocycles. The molecular formula is C54H103NO5. The van der Waals surface area contributed by atoms with Crippen molar-refractivity contribution < 1.29 is 24.5 Å². The van der Waals surface area contributed by atoms with Crippen LogP contribution in [0.1, 0.15) is 284 Å². The number of allylic oxidation sites excluding steroid dienone is 4. The number of rotatable bonds is 49. The maximum absolute atomic E-state index is 12.4. The van der Waals surface area contributed by atoms with Crippen molar-refractivity contribution in [3.63, 3.8) is 0 Å². The van der Waals surface area contributed by atoms with Gasteiger partial charge in [-0.15, -0.1) is 0 Å². The molecule has 0 aromatic rings. The number of nitrogens with one attached hydrogen (secondary N) is 1. The Labute approximate surface area is 373 Å². The summed E-state index contributed by atoms with van der Waals surface area (Å²) >= 11 is 0. The molecule has 2 unspecified atom stereocenters. The fraction of sp³-hybridized carbons (Fsp3) is 0.889. The molecule has 0 saturated carbocycles. The van der Waals surface area contributed by atoms with E-state index in [0.717, 1.165) is 64.2 Å². The lowest BCUT2D eigenvalue weighted by Crippen LogP contribution is -2.45. The molecule has 0 aliphatic rings. The number of hydrogen-bond donors (Lipinski definition) is 3. The van der Waals surface area contributed by atoms with Gasteiger partial charge in [0.15, 0.2) is 0 Å². The van der Waals surface area contributed by atoms with Gasteiger partial charge in [-0.05, 0) is 77.0 Å². The molecule has 0 aromatic carbocycles. The highest BCUT2D eigenvalue weighted by Crippen LogP contribution is 2.16. The number of amides is 1. The molecule has 60 heavy (non-hydrogen) atoms. The predicted molar refractivity (Wildman–Crippen MR) is 260 cm³/mol. The fourth-order valence-corrected chi connectivity index (χ4v) is 8.10. The zero-order valence-corrected chi connectivity index (χ0v) is 40.2. The predicted octanol–water partition coefficient (Wildman–Crippen LogP) is 15.9. The van der Waals surface area contributed by atoms with Crippen LogP contribution in [0.25, 0.3) is 0 Å². The summed E-state index contributed by atoms with van der Waals surface area (Å²) in [5.74, 6) is -0.0610. The van der Waals surface area contributed by atoms with Crippen LogP contribution in [0.3, 0.4) is 0 Å². The van der Waals surface area contributed by atoms with Crippen LogP contribution in [-0.4, -0.2) is 47.4 Å². The van der Waals surface area contributed by atoms with Crippen LogP contribution in [0.2, 0.25) is 0 Å². The van der Waals surface area contributed by atoms with Crippen molar-refractivity contribution in [1.29, 1.82) is 0 Å². The first-order chi connectivity index (χ1) is 29.5. The lowest BCUT2D eigenvalue weighted by atomic mass is 10.0. The summed E-state index contributed by atoms with van der Waals surface area (Å²) in [4.78, 5) is 24.4. The van der Waals surface area contributed by atoms with Crippen molar-refractivity contribution in [2.75, 3.05) is 13.2 Å². The number of esters is 1. The van der Waals surface area contributed by atoms with Crippen molar-refractivity contribution in [2.24, 2.45) is 0 Å². The van der Waals surface area contributed by atoms with Crippen LogP contribution in [0.5, 0.6) is 0 Å². The maximum Gasteiger partial charge on any atom is 0.305 e. The van der Waals surface area contributed by atoms with Gasteiger partial charge in [-0.3, -0.25) is 9.59 Å². The Hall–Kier alpha value is -1.66. The standard InChI is InChI=1S/C54H103NO5/c1-3-5-7-9-11-13-14-15-16-17-18-22-25-28-32-36-40-44-48-54(59)60-49-45-41-37-33-29-26-23-20-19-21-24-27-31-35-39-43-47-53(58)55-51(50-56)52(57)46-42-38-34-30-12-10-8-6-4-2/h16-17,19,21,51-52,56-57H,3-15,18,20,22-50H2,1-2H3,(H,55,58)/b17-16-,21-19-. The Kier molecular flexibility index (Phi) is 48.6. The normalized spacial score (nSPS) is 12.8. The monoisotopic (exact) mass is 846 g/mol. The third kappa shape index (κ3) is 45.9. The molecule has 0 bridgehead atoms. The highest BCUT2D eigenvalue weighted by molar-refractivity contribution is 5.76. The number of carbonyl (C=O) groups excluding carboxylic acids is 2. The summed E-state index contributed by atoms with van der Waals surface area (Å²) in [5.41, 5.74) is 0. The van der Waals surface area contributed by atoms with E-state index in [0.29, 0.717) is 25.9 Å². The number of carbonyl (C=O) groups is 2. The highest BCUT2D eigenvalue weighted by atomic mass is 16.5. The van der Waals surface area contributed by atoms with E-state index in [2.05, 4.69) is 43.5 Å². The summed E-state index contributed by atoms with van der Waals surface area (Å²) < 4.78 is 5.47. The molecule has 6 heteroatoms. The Morgan fingerprint density at radius 1 is 0.450 bits per heavy atom. The van der Waals surface area contributed by atoms with E-state index >= 15 is 0 Å². The van der Waals surface area contributed by atoms with Crippen molar-refractivity contribution in [3.8, 4) is 0 Å². The average Bonchev–Trinajstić information content (AvgIpc) is 3.25. The van der Waals surface area contributed by atoms with Crippen molar-refractivity contribution in [1.82, 2.24) is 5.32 Å². The minimum atomic E-state index is -0.672. The first-order valence-electron chi connectivity index (χ1n) is 26.6. The molecule has 1 amide bonds. The summed E-state index contributed by atoms with van der Waals surface area (Å²) in [7, 11) is 0. The number of aliphatic hydroxyl groups excluding tert-OH is 2. The second kappa shape index (κ2) is 50.0. The van der Waals surface area contributed by atoms with E-state index in [9.17, 15) is 19.8 Å². The van der Waals surface area contributed by atoms with Crippen molar-refractivity contribution >= 4 is 11.9 Å². The minimum Gasteiger partial charge on any atom is -0.466 e. The Morgan fingerprint density at radius 3 is 1.18 bits per heavy atom. The number of unbranched alkanes of at least 4 members (excludes halogenated alkanes) is 34. The first-order valence-corrected chi connectivity index (χ1v) is 26.6. The molecule has 3 N–H and O–H groups in total. The van der Waals surface area contributed by atoms with Crippen LogP contribution in [0.4, 0.5) is 0 Å². The number of ether oxygens (including phenoxy) is 1. The van der Waals surface area contributed by atoms with Gasteiger partial charge in [0.25, 0.3) is 0 Å². The van der Waals surface area contributed by atoms with Gasteiger partial charge in [0.05, 0.1) is 25.4 Å². The minimum absolute atomic E-state index is 0.00615. The van der Waals surface area contributed by atoms with E-state index in [1.165, 1.54) is 186 Å². The number of aliphatic hydroxyl groups is 2. The van der Waals surface area contributed by atoms with Gasteiger partial charge in [0.2, 0.25) is 5.91 Å². The quantitative estimate of drug-likeness (QED) is 0.0322. The Bertz CT molecular complexity index is 935. The van der Waals surface area contributed by atoms with Gasteiger partial charge in [0.1, 0.15) is 0 Å². The van der Waals surface area contributed by atoms with E-state index in [4.69, 9.17) is 4.74 Å². The molecule has 0 heterocycles. The molecule has 0 spiro atoms. The maximum atomic E-state index is 12.4. The van der Waals surface area contributed by atoms with E-state index < -0.39 is 12.1 Å². The van der Waals surface area contributed by atoms with Crippen LogP contribution >= 0.6 is 0 Å². The first kappa shape index (κ1) is 58.3. The molecule has 6 nitrogen and oxygen atoms in total. The molecule has 0 aliphatic carbocycles. The van der Waals surface area contributed by atoms with Crippen LogP contribution < -0.4 is 5.32 Å². The second-order valence-electron chi connectivity index (χ2n) is 18.2. The molecule has 0 saturated heterocycles. The summed E-state index contributed by atoms with van der Waals surface area (Å²) in [5, 5.41) is 23.0. The number of hydrogen-bond acceptors (Lipinski definition) is 5. The molecule has 2 atom stereocenters.